The van der Waals surface area contributed by atoms with Crippen molar-refractivity contribution in [1.82, 2.24) is 15.5 Å². The Balaban J connectivity index is 1.82. The summed E-state index contributed by atoms with van der Waals surface area (Å²) in [5.41, 5.74) is 0.983. The molecule has 0 aliphatic carbocycles. The molecule has 0 saturated carbocycles. The van der Waals surface area contributed by atoms with Crippen molar-refractivity contribution in [1.29, 1.82) is 0 Å². The minimum absolute atomic E-state index is 0.0438. The van der Waals surface area contributed by atoms with E-state index in [0.717, 1.165) is 21.6 Å². The molecule has 0 aliphatic heterocycles. The van der Waals surface area contributed by atoms with Crippen molar-refractivity contribution < 1.29 is 4.79 Å². The standard InChI is InChI=1S/C14H17ClN4OS2/c1-3-16-13-18-19-14(22-13)21-8-12(20)17-9(2)10-5-4-6-11(15)7-10/h4-7,9H,3,8H2,1-2H3,(H,16,18)(H,17,20). The maximum atomic E-state index is 12.0. The molecule has 8 heteroatoms. The van der Waals surface area contributed by atoms with E-state index in [1.165, 1.54) is 23.1 Å². The molecule has 0 spiro atoms. The Morgan fingerprint density at radius 1 is 1.45 bits per heavy atom. The van der Waals surface area contributed by atoms with E-state index in [0.29, 0.717) is 10.8 Å². The number of anilines is 1. The smallest absolute Gasteiger partial charge is 0.230 e. The summed E-state index contributed by atoms with van der Waals surface area (Å²) in [6.07, 6.45) is 0. The third-order valence-corrected chi connectivity index (χ3v) is 5.04. The average molecular weight is 357 g/mol. The number of nitrogens with zero attached hydrogens (tertiary/aromatic N) is 2. The molecule has 1 aromatic heterocycles. The van der Waals surface area contributed by atoms with Gasteiger partial charge in [-0.25, -0.2) is 0 Å². The summed E-state index contributed by atoms with van der Waals surface area (Å²) in [5, 5.41) is 15.5. The summed E-state index contributed by atoms with van der Waals surface area (Å²) in [5.74, 6) is 0.267. The van der Waals surface area contributed by atoms with Crippen molar-refractivity contribution >= 4 is 45.7 Å². The van der Waals surface area contributed by atoms with Crippen LogP contribution in [0.3, 0.4) is 0 Å². The van der Waals surface area contributed by atoms with Gasteiger partial charge in [0, 0.05) is 11.6 Å². The minimum atomic E-state index is -0.0847. The summed E-state index contributed by atoms with van der Waals surface area (Å²) in [6.45, 7) is 4.73. The second kappa shape index (κ2) is 8.36. The van der Waals surface area contributed by atoms with Gasteiger partial charge in [0.05, 0.1) is 11.8 Å². The second-order valence-corrected chi connectivity index (χ2v) is 7.17. The molecule has 1 atom stereocenters. The fourth-order valence-electron chi connectivity index (χ4n) is 1.76. The van der Waals surface area contributed by atoms with Crippen molar-refractivity contribution in [3.63, 3.8) is 0 Å². The molecule has 118 valence electrons. The van der Waals surface area contributed by atoms with Crippen LogP contribution in [0.1, 0.15) is 25.5 Å². The normalized spacial score (nSPS) is 12.0. The molecule has 22 heavy (non-hydrogen) atoms. The summed E-state index contributed by atoms with van der Waals surface area (Å²) >= 11 is 8.79. The quantitative estimate of drug-likeness (QED) is 0.742. The zero-order valence-corrected chi connectivity index (χ0v) is 14.7. The third-order valence-electron chi connectivity index (χ3n) is 2.79. The van der Waals surface area contributed by atoms with Gasteiger partial charge in [-0.05, 0) is 31.5 Å². The highest BCUT2D eigenvalue weighted by Gasteiger charge is 2.12. The van der Waals surface area contributed by atoms with E-state index in [4.69, 9.17) is 11.6 Å². The first-order valence-corrected chi connectivity index (χ1v) is 9.01. The van der Waals surface area contributed by atoms with Crippen molar-refractivity contribution in [2.24, 2.45) is 0 Å². The van der Waals surface area contributed by atoms with Crippen LogP contribution in [0.5, 0.6) is 0 Å². The Morgan fingerprint density at radius 2 is 2.27 bits per heavy atom. The zero-order chi connectivity index (χ0) is 15.9. The highest BCUT2D eigenvalue weighted by molar-refractivity contribution is 8.01. The minimum Gasteiger partial charge on any atom is -0.360 e. The highest BCUT2D eigenvalue weighted by Crippen LogP contribution is 2.25. The van der Waals surface area contributed by atoms with Crippen LogP contribution in [0.4, 0.5) is 5.13 Å². The van der Waals surface area contributed by atoms with Gasteiger partial charge in [0.25, 0.3) is 0 Å². The zero-order valence-electron chi connectivity index (χ0n) is 12.3. The number of carbonyl (C=O) groups excluding carboxylic acids is 1. The number of hydrogen-bond acceptors (Lipinski definition) is 6. The van der Waals surface area contributed by atoms with Gasteiger partial charge in [-0.3, -0.25) is 4.79 Å². The average Bonchev–Trinajstić information content (AvgIpc) is 2.93. The first kappa shape index (κ1) is 17.1. The molecule has 1 unspecified atom stereocenters. The fourth-order valence-corrected chi connectivity index (χ4v) is 3.59. The second-order valence-electron chi connectivity index (χ2n) is 4.54. The SMILES string of the molecule is CCNc1nnc(SCC(=O)NC(C)c2cccc(Cl)c2)s1. The monoisotopic (exact) mass is 356 g/mol. The summed E-state index contributed by atoms with van der Waals surface area (Å²) in [7, 11) is 0. The van der Waals surface area contributed by atoms with Crippen molar-refractivity contribution in [3.05, 3.63) is 34.9 Å². The molecular weight excluding hydrogens is 340 g/mol. The van der Waals surface area contributed by atoms with Crippen LogP contribution in [0.2, 0.25) is 5.02 Å². The molecule has 2 N–H and O–H groups in total. The Labute approximate surface area is 142 Å². The Morgan fingerprint density at radius 3 is 3.00 bits per heavy atom. The number of benzene rings is 1. The van der Waals surface area contributed by atoms with Crippen molar-refractivity contribution in [3.8, 4) is 0 Å². The fraction of sp³-hybridized carbons (Fsp3) is 0.357. The maximum Gasteiger partial charge on any atom is 0.230 e. The molecule has 0 fully saturated rings. The van der Waals surface area contributed by atoms with Gasteiger partial charge in [-0.2, -0.15) is 0 Å². The van der Waals surface area contributed by atoms with Gasteiger partial charge in [0.1, 0.15) is 0 Å². The first-order valence-electron chi connectivity index (χ1n) is 6.83. The molecule has 0 bridgehead atoms. The van der Waals surface area contributed by atoms with Crippen LogP contribution in [-0.4, -0.2) is 28.4 Å². The number of nitrogens with one attached hydrogen (secondary N) is 2. The van der Waals surface area contributed by atoms with E-state index < -0.39 is 0 Å². The summed E-state index contributed by atoms with van der Waals surface area (Å²) in [4.78, 5) is 12.0. The lowest BCUT2D eigenvalue weighted by Crippen LogP contribution is -2.28. The van der Waals surface area contributed by atoms with Crippen LogP contribution in [0.15, 0.2) is 28.6 Å². The molecule has 0 saturated heterocycles. The number of hydrogen-bond donors (Lipinski definition) is 2. The third kappa shape index (κ3) is 5.15. The molecule has 0 radical (unpaired) electrons. The van der Waals surface area contributed by atoms with Gasteiger partial charge in [0.2, 0.25) is 11.0 Å². The van der Waals surface area contributed by atoms with Crippen LogP contribution >= 0.6 is 34.7 Å². The van der Waals surface area contributed by atoms with E-state index in [1.54, 1.807) is 0 Å². The van der Waals surface area contributed by atoms with E-state index in [1.807, 2.05) is 38.1 Å². The predicted octanol–water partition coefficient (Wildman–Crippen LogP) is 3.59. The van der Waals surface area contributed by atoms with Gasteiger partial charge >= 0.3 is 0 Å². The lowest BCUT2D eigenvalue weighted by molar-refractivity contribution is -0.119. The molecule has 1 heterocycles. The van der Waals surface area contributed by atoms with E-state index in [-0.39, 0.29) is 11.9 Å². The lowest BCUT2D eigenvalue weighted by atomic mass is 10.1. The number of carbonyl (C=O) groups is 1. The van der Waals surface area contributed by atoms with Gasteiger partial charge < -0.3 is 10.6 Å². The van der Waals surface area contributed by atoms with Crippen LogP contribution < -0.4 is 10.6 Å². The van der Waals surface area contributed by atoms with Gasteiger partial charge in [0.15, 0.2) is 4.34 Å². The Hall–Kier alpha value is -1.31. The Kier molecular flexibility index (Phi) is 6.48. The molecule has 0 aliphatic rings. The van der Waals surface area contributed by atoms with Gasteiger partial charge in [-0.15, -0.1) is 10.2 Å². The number of amides is 1. The van der Waals surface area contributed by atoms with Crippen LogP contribution in [0.25, 0.3) is 0 Å². The first-order chi connectivity index (χ1) is 10.6. The summed E-state index contributed by atoms with van der Waals surface area (Å²) < 4.78 is 0.779. The highest BCUT2D eigenvalue weighted by atomic mass is 35.5. The van der Waals surface area contributed by atoms with E-state index >= 15 is 0 Å². The van der Waals surface area contributed by atoms with Crippen molar-refractivity contribution in [2.75, 3.05) is 17.6 Å². The topological polar surface area (TPSA) is 66.9 Å². The summed E-state index contributed by atoms with van der Waals surface area (Å²) in [6, 6.07) is 7.40. The number of halogens is 1. The molecule has 5 nitrogen and oxygen atoms in total. The maximum absolute atomic E-state index is 12.0. The molecule has 1 amide bonds. The largest absolute Gasteiger partial charge is 0.360 e. The van der Waals surface area contributed by atoms with Crippen LogP contribution in [0, 0.1) is 0 Å². The van der Waals surface area contributed by atoms with Crippen LogP contribution in [-0.2, 0) is 4.79 Å². The van der Waals surface area contributed by atoms with Crippen molar-refractivity contribution in [2.45, 2.75) is 24.2 Å². The molecule has 2 rings (SSSR count). The van der Waals surface area contributed by atoms with Gasteiger partial charge in [-0.1, -0.05) is 46.8 Å². The molecular formula is C14H17ClN4OS2. The predicted molar refractivity (Wildman–Crippen MR) is 92.8 cm³/mol. The lowest BCUT2D eigenvalue weighted by Gasteiger charge is -2.14. The number of aromatic nitrogens is 2. The Bertz CT molecular complexity index is 635. The van der Waals surface area contributed by atoms with E-state index in [2.05, 4.69) is 20.8 Å². The number of thioether (sulfide) groups is 1. The molecule has 1 aromatic carbocycles. The molecule has 2 aromatic rings. The number of rotatable bonds is 7. The van der Waals surface area contributed by atoms with E-state index in [9.17, 15) is 4.79 Å².